The van der Waals surface area contributed by atoms with E-state index in [0.29, 0.717) is 17.2 Å². The summed E-state index contributed by atoms with van der Waals surface area (Å²) in [6, 6.07) is 25.4. The molecule has 0 aliphatic heterocycles. The van der Waals surface area contributed by atoms with Crippen LogP contribution in [0.3, 0.4) is 0 Å². The van der Waals surface area contributed by atoms with E-state index in [0.717, 1.165) is 5.56 Å². The van der Waals surface area contributed by atoms with Crippen LogP contribution in [0.15, 0.2) is 117 Å². The van der Waals surface area contributed by atoms with Crippen molar-refractivity contribution in [2.24, 2.45) is 0 Å². The highest BCUT2D eigenvalue weighted by Gasteiger charge is 2.21. The Balaban J connectivity index is 1.46. The Bertz CT molecular complexity index is 1630. The number of sulfone groups is 2. The van der Waals surface area contributed by atoms with Gasteiger partial charge in [-0.1, -0.05) is 32.9 Å². The van der Waals surface area contributed by atoms with Gasteiger partial charge in [-0.2, -0.15) is 0 Å². The second-order valence-electron chi connectivity index (χ2n) is 10.5. The lowest BCUT2D eigenvalue weighted by atomic mass is 9.87. The van der Waals surface area contributed by atoms with Crippen molar-refractivity contribution < 1.29 is 26.3 Å². The predicted molar refractivity (Wildman–Crippen MR) is 151 cm³/mol. The van der Waals surface area contributed by atoms with E-state index in [2.05, 4.69) is 20.8 Å². The molecule has 0 aromatic heterocycles. The predicted octanol–water partition coefficient (Wildman–Crippen LogP) is 7.23. The molecule has 0 unspecified atom stereocenters. The van der Waals surface area contributed by atoms with E-state index in [1.165, 1.54) is 36.4 Å². The lowest BCUT2D eigenvalue weighted by Crippen LogP contribution is -2.11. The zero-order valence-corrected chi connectivity index (χ0v) is 24.2. The zero-order valence-electron chi connectivity index (χ0n) is 22.6. The first-order valence-electron chi connectivity index (χ1n) is 12.5. The van der Waals surface area contributed by atoms with Crippen LogP contribution in [-0.4, -0.2) is 22.9 Å². The second-order valence-corrected chi connectivity index (χ2v) is 14.4. The van der Waals surface area contributed by atoms with Crippen LogP contribution < -0.4 is 9.47 Å². The number of benzene rings is 4. The van der Waals surface area contributed by atoms with Gasteiger partial charge in [0.2, 0.25) is 19.7 Å². The van der Waals surface area contributed by atoms with Gasteiger partial charge in [-0.25, -0.2) is 16.8 Å². The first kappa shape index (κ1) is 28.4. The molecule has 0 N–H and O–H groups in total. The fourth-order valence-corrected chi connectivity index (χ4v) is 6.41. The van der Waals surface area contributed by atoms with Crippen molar-refractivity contribution in [1.29, 1.82) is 0 Å². The van der Waals surface area contributed by atoms with Crippen molar-refractivity contribution in [3.05, 3.63) is 103 Å². The van der Waals surface area contributed by atoms with Crippen LogP contribution in [0, 0.1) is 0 Å². The van der Waals surface area contributed by atoms with Gasteiger partial charge in [0.05, 0.1) is 25.7 Å². The summed E-state index contributed by atoms with van der Waals surface area (Å²) in [4.78, 5) is 0.677. The van der Waals surface area contributed by atoms with E-state index in [1.54, 1.807) is 48.5 Å². The molecule has 0 bridgehead atoms. The third kappa shape index (κ3) is 6.52. The molecule has 4 aromatic rings. The van der Waals surface area contributed by atoms with Gasteiger partial charge in [0.15, 0.2) is 0 Å². The molecule has 0 aliphatic carbocycles. The highest BCUT2D eigenvalue weighted by atomic mass is 32.2. The van der Waals surface area contributed by atoms with Gasteiger partial charge in [0.25, 0.3) is 0 Å². The SMILES string of the molecule is CC(C)Oc1ccc(S(=O)(=O)c2ccc(Oc3ccc(S(=O)(=O)c4ccc(C(C)(C)C)cc4)cc3)cc2)cc1. The van der Waals surface area contributed by atoms with Crippen LogP contribution in [-0.2, 0) is 25.1 Å². The summed E-state index contributed by atoms with van der Waals surface area (Å²) >= 11 is 0. The summed E-state index contributed by atoms with van der Waals surface area (Å²) < 4.78 is 63.6. The molecule has 0 saturated carbocycles. The van der Waals surface area contributed by atoms with Gasteiger partial charge in [-0.05, 0) is 110 Å². The lowest BCUT2D eigenvalue weighted by molar-refractivity contribution is 0.242. The van der Waals surface area contributed by atoms with Gasteiger partial charge in [0, 0.05) is 0 Å². The monoisotopic (exact) mass is 564 g/mol. The fourth-order valence-electron chi connectivity index (χ4n) is 3.89. The van der Waals surface area contributed by atoms with Gasteiger partial charge >= 0.3 is 0 Å². The van der Waals surface area contributed by atoms with Crippen LogP contribution >= 0.6 is 0 Å². The minimum atomic E-state index is -3.71. The minimum absolute atomic E-state index is 0.00797. The maximum Gasteiger partial charge on any atom is 0.206 e. The highest BCUT2D eigenvalue weighted by Crippen LogP contribution is 2.30. The molecule has 0 amide bonds. The Morgan fingerprint density at radius 3 is 1.13 bits per heavy atom. The Morgan fingerprint density at radius 1 is 0.513 bits per heavy atom. The average molecular weight is 565 g/mol. The molecule has 0 radical (unpaired) electrons. The van der Waals surface area contributed by atoms with Gasteiger partial charge < -0.3 is 9.47 Å². The van der Waals surface area contributed by atoms with E-state index < -0.39 is 19.7 Å². The third-order valence-corrected chi connectivity index (χ3v) is 9.61. The normalized spacial score (nSPS) is 12.4. The number of ether oxygens (including phenoxy) is 2. The van der Waals surface area contributed by atoms with E-state index in [-0.39, 0.29) is 31.1 Å². The van der Waals surface area contributed by atoms with Crippen LogP contribution in [0.25, 0.3) is 0 Å². The highest BCUT2D eigenvalue weighted by molar-refractivity contribution is 7.91. The molecule has 6 nitrogen and oxygen atoms in total. The average Bonchev–Trinajstić information content (AvgIpc) is 2.89. The molecular formula is C31H32O6S2. The summed E-state index contributed by atoms with van der Waals surface area (Å²) in [5.41, 5.74) is 0.982. The van der Waals surface area contributed by atoms with Crippen molar-refractivity contribution in [3.8, 4) is 17.2 Å². The Hall–Kier alpha value is -3.62. The van der Waals surface area contributed by atoms with E-state index in [1.807, 2.05) is 26.0 Å². The van der Waals surface area contributed by atoms with Crippen molar-refractivity contribution in [2.45, 2.75) is 65.7 Å². The van der Waals surface area contributed by atoms with Crippen molar-refractivity contribution in [3.63, 3.8) is 0 Å². The van der Waals surface area contributed by atoms with Crippen LogP contribution in [0.5, 0.6) is 17.2 Å². The Kier molecular flexibility index (Phi) is 7.91. The summed E-state index contributed by atoms with van der Waals surface area (Å²) in [6.07, 6.45) is -0.00797. The van der Waals surface area contributed by atoms with Gasteiger partial charge in [-0.3, -0.25) is 0 Å². The van der Waals surface area contributed by atoms with Gasteiger partial charge in [0.1, 0.15) is 17.2 Å². The van der Waals surface area contributed by atoms with Crippen molar-refractivity contribution in [2.75, 3.05) is 0 Å². The molecule has 4 aromatic carbocycles. The molecule has 0 fully saturated rings. The van der Waals surface area contributed by atoms with Crippen LogP contribution in [0.4, 0.5) is 0 Å². The number of hydrogen-bond donors (Lipinski definition) is 0. The summed E-state index contributed by atoms with van der Waals surface area (Å²) in [5.74, 6) is 1.45. The minimum Gasteiger partial charge on any atom is -0.491 e. The maximum atomic E-state index is 13.1. The largest absolute Gasteiger partial charge is 0.491 e. The third-order valence-electron chi connectivity index (χ3n) is 6.04. The molecule has 0 saturated heterocycles. The topological polar surface area (TPSA) is 86.7 Å². The molecule has 0 atom stereocenters. The summed E-state index contributed by atoms with van der Waals surface area (Å²) in [5, 5.41) is 0. The van der Waals surface area contributed by atoms with E-state index in [9.17, 15) is 16.8 Å². The zero-order chi connectivity index (χ0) is 28.4. The molecule has 39 heavy (non-hydrogen) atoms. The first-order valence-corrected chi connectivity index (χ1v) is 15.5. The Morgan fingerprint density at radius 2 is 0.821 bits per heavy atom. The number of rotatable bonds is 8. The summed E-state index contributed by atoms with van der Waals surface area (Å²) in [7, 11) is -7.39. The van der Waals surface area contributed by atoms with E-state index >= 15 is 0 Å². The first-order chi connectivity index (χ1) is 18.3. The van der Waals surface area contributed by atoms with E-state index in [4.69, 9.17) is 9.47 Å². The van der Waals surface area contributed by atoms with Crippen molar-refractivity contribution >= 4 is 19.7 Å². The molecule has 0 aliphatic rings. The molecular weight excluding hydrogens is 532 g/mol. The maximum absolute atomic E-state index is 13.1. The Labute approximate surface area is 231 Å². The summed E-state index contributed by atoms with van der Waals surface area (Å²) in [6.45, 7) is 10.0. The molecule has 0 heterocycles. The molecule has 204 valence electrons. The number of hydrogen-bond acceptors (Lipinski definition) is 6. The van der Waals surface area contributed by atoms with Crippen LogP contribution in [0.1, 0.15) is 40.2 Å². The molecule has 0 spiro atoms. The smallest absolute Gasteiger partial charge is 0.206 e. The van der Waals surface area contributed by atoms with Crippen molar-refractivity contribution in [1.82, 2.24) is 0 Å². The molecule has 8 heteroatoms. The fraction of sp³-hybridized carbons (Fsp3) is 0.226. The second kappa shape index (κ2) is 10.9. The van der Waals surface area contributed by atoms with Gasteiger partial charge in [-0.15, -0.1) is 0 Å². The van der Waals surface area contributed by atoms with Crippen LogP contribution in [0.2, 0.25) is 0 Å². The standard InChI is InChI=1S/C31H32O6S2/c1-22(2)36-24-8-16-28(17-9-24)39(34,35)30-20-12-26(13-21-30)37-25-10-18-29(19-11-25)38(32,33)27-14-6-23(7-15-27)31(3,4)5/h6-22H,1-5H3. The lowest BCUT2D eigenvalue weighted by Gasteiger charge is -2.19. The quantitative estimate of drug-likeness (QED) is 0.224. The molecule has 4 rings (SSSR count).